The Morgan fingerprint density at radius 2 is 1.85 bits per heavy atom. The lowest BCUT2D eigenvalue weighted by atomic mass is 10.0. The number of aromatic nitrogens is 4. The van der Waals surface area contributed by atoms with Crippen molar-refractivity contribution >= 4 is 27.4 Å². The van der Waals surface area contributed by atoms with E-state index in [9.17, 15) is 13.2 Å². The molecule has 1 aliphatic rings. The van der Waals surface area contributed by atoms with Crippen molar-refractivity contribution in [2.45, 2.75) is 84.3 Å². The maximum absolute atomic E-state index is 13.2. The fourth-order valence-electron chi connectivity index (χ4n) is 4.39. The van der Waals surface area contributed by atoms with Crippen molar-refractivity contribution in [2.24, 2.45) is 7.05 Å². The molecule has 1 fully saturated rings. The van der Waals surface area contributed by atoms with Crippen molar-refractivity contribution in [1.82, 2.24) is 19.6 Å². The first-order chi connectivity index (χ1) is 18.4. The summed E-state index contributed by atoms with van der Waals surface area (Å²) in [7, 11) is -1.76. The average Bonchev–Trinajstić information content (AvgIpc) is 3.57. The highest BCUT2D eigenvalue weighted by atomic mass is 35.5. The van der Waals surface area contributed by atoms with Crippen LogP contribution in [0.4, 0.5) is 0 Å². The van der Waals surface area contributed by atoms with E-state index in [1.54, 1.807) is 41.7 Å². The SMILES string of the molecule is CC.CCOCc1c(S(C)(=O)=O)ccc(Cc2c(C3CC3)nn(C(C)C)c2OC(=O)c2cn(C)nc2C)c1Cl. The van der Waals surface area contributed by atoms with Crippen molar-refractivity contribution in [1.29, 1.82) is 0 Å². The van der Waals surface area contributed by atoms with Crippen LogP contribution in [-0.4, -0.2) is 46.8 Å². The predicted octanol–water partition coefficient (Wildman–Crippen LogP) is 5.81. The predicted molar refractivity (Wildman–Crippen MR) is 152 cm³/mol. The summed E-state index contributed by atoms with van der Waals surface area (Å²) >= 11 is 6.81. The Hall–Kier alpha value is -2.69. The van der Waals surface area contributed by atoms with E-state index >= 15 is 0 Å². The van der Waals surface area contributed by atoms with E-state index in [0.717, 1.165) is 30.4 Å². The lowest BCUT2D eigenvalue weighted by Gasteiger charge is -2.16. The molecule has 0 unspecified atom stereocenters. The second-order valence-corrected chi connectivity index (χ2v) is 12.1. The first-order valence-electron chi connectivity index (χ1n) is 13.3. The maximum atomic E-state index is 13.2. The number of hydrogen-bond acceptors (Lipinski definition) is 7. The third-order valence-corrected chi connectivity index (χ3v) is 8.02. The van der Waals surface area contributed by atoms with Crippen LogP contribution in [0.2, 0.25) is 5.02 Å². The van der Waals surface area contributed by atoms with Crippen molar-refractivity contribution < 1.29 is 22.7 Å². The molecule has 0 radical (unpaired) electrons. The van der Waals surface area contributed by atoms with Gasteiger partial charge in [0.05, 0.1) is 34.0 Å². The molecule has 214 valence electrons. The van der Waals surface area contributed by atoms with E-state index in [1.807, 2.05) is 34.6 Å². The molecule has 1 aliphatic carbocycles. The molecule has 0 saturated heterocycles. The zero-order valence-electron chi connectivity index (χ0n) is 24.0. The molecule has 39 heavy (non-hydrogen) atoms. The maximum Gasteiger partial charge on any atom is 0.348 e. The van der Waals surface area contributed by atoms with Crippen molar-refractivity contribution in [3.05, 3.63) is 57.0 Å². The third-order valence-electron chi connectivity index (χ3n) is 6.36. The van der Waals surface area contributed by atoms with Crippen LogP contribution in [0, 0.1) is 6.92 Å². The number of nitrogens with zero attached hydrogens (tertiary/aromatic N) is 4. The lowest BCUT2D eigenvalue weighted by molar-refractivity contribution is 0.0713. The summed E-state index contributed by atoms with van der Waals surface area (Å²) in [5, 5.41) is 9.44. The van der Waals surface area contributed by atoms with Crippen LogP contribution in [0.5, 0.6) is 5.88 Å². The zero-order chi connectivity index (χ0) is 29.1. The normalized spacial score (nSPS) is 13.4. The van der Waals surface area contributed by atoms with Gasteiger partial charge in [0, 0.05) is 49.6 Å². The van der Waals surface area contributed by atoms with Crippen LogP contribution < -0.4 is 4.74 Å². The molecular weight excluding hydrogens is 540 g/mol. The van der Waals surface area contributed by atoms with Gasteiger partial charge in [0.2, 0.25) is 5.88 Å². The first kappa shape index (κ1) is 30.8. The monoisotopic (exact) mass is 578 g/mol. The van der Waals surface area contributed by atoms with Crippen LogP contribution in [0.25, 0.3) is 0 Å². The Morgan fingerprint density at radius 1 is 1.18 bits per heavy atom. The average molecular weight is 579 g/mol. The van der Waals surface area contributed by atoms with Crippen LogP contribution in [0.3, 0.4) is 0 Å². The molecule has 1 aromatic carbocycles. The molecular formula is C28H39ClN4O5S. The Labute approximate surface area is 236 Å². The Balaban J connectivity index is 0.00000205. The molecule has 2 aromatic heterocycles. The topological polar surface area (TPSA) is 105 Å². The molecule has 0 atom stereocenters. The number of carbonyl (C=O) groups is 1. The molecule has 0 spiro atoms. The first-order valence-corrected chi connectivity index (χ1v) is 15.6. The van der Waals surface area contributed by atoms with E-state index in [1.165, 1.54) is 0 Å². The smallest absolute Gasteiger partial charge is 0.348 e. The van der Waals surface area contributed by atoms with Gasteiger partial charge in [0.15, 0.2) is 9.84 Å². The number of benzene rings is 1. The number of rotatable bonds is 10. The number of ether oxygens (including phenoxy) is 2. The molecule has 2 heterocycles. The van der Waals surface area contributed by atoms with E-state index in [2.05, 4.69) is 5.10 Å². The molecule has 0 bridgehead atoms. The van der Waals surface area contributed by atoms with Crippen molar-refractivity contribution in [2.75, 3.05) is 12.9 Å². The molecule has 11 heteroatoms. The number of esters is 1. The van der Waals surface area contributed by atoms with Gasteiger partial charge in [-0.15, -0.1) is 0 Å². The second-order valence-electron chi connectivity index (χ2n) is 9.77. The number of aryl methyl sites for hydroxylation is 2. The van der Waals surface area contributed by atoms with Gasteiger partial charge in [-0.2, -0.15) is 10.2 Å². The standard InChI is InChI=1S/C26H33ClN4O5S.C2H6/c1-7-35-14-21-22(37(6,33)34)11-10-18(23(21)27)12-19-24(17-8-9-17)29-31(15(2)3)25(19)36-26(32)20-13-30(5)28-16(20)4;1-2/h10-11,13,15,17H,7-9,12,14H2,1-6H3;1-2H3. The Bertz CT molecular complexity index is 1440. The lowest BCUT2D eigenvalue weighted by Crippen LogP contribution is -2.15. The summed E-state index contributed by atoms with van der Waals surface area (Å²) in [4.78, 5) is 13.3. The molecule has 4 rings (SSSR count). The molecule has 0 amide bonds. The van der Waals surface area contributed by atoms with Crippen molar-refractivity contribution in [3.63, 3.8) is 0 Å². The van der Waals surface area contributed by atoms with Gasteiger partial charge in [-0.25, -0.2) is 17.9 Å². The van der Waals surface area contributed by atoms with Crippen LogP contribution >= 0.6 is 11.6 Å². The summed E-state index contributed by atoms with van der Waals surface area (Å²) in [6, 6.07) is 3.23. The summed E-state index contributed by atoms with van der Waals surface area (Å²) in [5.74, 6) is 0.149. The molecule has 1 saturated carbocycles. The minimum atomic E-state index is -3.51. The highest BCUT2D eigenvalue weighted by Gasteiger charge is 2.34. The largest absolute Gasteiger partial charge is 0.404 e. The summed E-state index contributed by atoms with van der Waals surface area (Å²) in [5.41, 5.74) is 3.76. The molecule has 0 aliphatic heterocycles. The fraction of sp³-hybridized carbons (Fsp3) is 0.536. The van der Waals surface area contributed by atoms with E-state index in [4.69, 9.17) is 26.2 Å². The number of carbonyl (C=O) groups excluding carboxylic acids is 1. The minimum Gasteiger partial charge on any atom is -0.404 e. The van der Waals surface area contributed by atoms with Crippen LogP contribution in [0.15, 0.2) is 23.2 Å². The Kier molecular flexibility index (Phi) is 10.0. The number of sulfone groups is 1. The minimum absolute atomic E-state index is 0.0550. The van der Waals surface area contributed by atoms with Crippen molar-refractivity contribution in [3.8, 4) is 5.88 Å². The van der Waals surface area contributed by atoms with Gasteiger partial charge in [0.1, 0.15) is 5.56 Å². The molecule has 9 nitrogen and oxygen atoms in total. The van der Waals surface area contributed by atoms with Gasteiger partial charge in [0.25, 0.3) is 0 Å². The highest BCUT2D eigenvalue weighted by molar-refractivity contribution is 7.90. The van der Waals surface area contributed by atoms with Crippen LogP contribution in [-0.2, 0) is 34.6 Å². The molecule has 3 aromatic rings. The second kappa shape index (κ2) is 12.7. The summed E-state index contributed by atoms with van der Waals surface area (Å²) < 4.78 is 39.7. The van der Waals surface area contributed by atoms with Gasteiger partial charge in [-0.3, -0.25) is 4.68 Å². The van der Waals surface area contributed by atoms with E-state index in [0.29, 0.717) is 46.3 Å². The quantitative estimate of drug-likeness (QED) is 0.279. The third kappa shape index (κ3) is 6.91. The number of hydrogen-bond donors (Lipinski definition) is 0. The van der Waals surface area contributed by atoms with Gasteiger partial charge in [-0.1, -0.05) is 31.5 Å². The number of halogens is 1. The Morgan fingerprint density at radius 3 is 2.36 bits per heavy atom. The summed E-state index contributed by atoms with van der Waals surface area (Å²) in [6.07, 6.45) is 5.13. The van der Waals surface area contributed by atoms with Gasteiger partial charge in [-0.05, 0) is 52.2 Å². The van der Waals surface area contributed by atoms with Gasteiger partial charge >= 0.3 is 5.97 Å². The summed E-state index contributed by atoms with van der Waals surface area (Å²) in [6.45, 7) is 12.1. The van der Waals surface area contributed by atoms with Gasteiger partial charge < -0.3 is 9.47 Å². The van der Waals surface area contributed by atoms with E-state index < -0.39 is 15.8 Å². The molecule has 0 N–H and O–H groups in total. The van der Waals surface area contributed by atoms with Crippen LogP contribution in [0.1, 0.15) is 97.9 Å². The zero-order valence-corrected chi connectivity index (χ0v) is 25.6. The fourth-order valence-corrected chi connectivity index (χ4v) is 5.65. The van der Waals surface area contributed by atoms with E-state index in [-0.39, 0.29) is 23.5 Å². The highest BCUT2D eigenvalue weighted by Crippen LogP contribution is 2.45.